The maximum atomic E-state index is 11.5. The molecule has 0 saturated carbocycles. The van der Waals surface area contributed by atoms with Crippen LogP contribution < -0.4 is 0 Å². The summed E-state index contributed by atoms with van der Waals surface area (Å²) in [6, 6.07) is 0.240. The lowest BCUT2D eigenvalue weighted by atomic mass is 10.2. The molecule has 2 aliphatic heterocycles. The van der Waals surface area contributed by atoms with Gasteiger partial charge in [0.15, 0.2) is 0 Å². The molecule has 0 aromatic heterocycles. The van der Waals surface area contributed by atoms with E-state index < -0.39 is 0 Å². The van der Waals surface area contributed by atoms with Crippen LogP contribution >= 0.6 is 0 Å². The molecule has 1 atom stereocenters. The molecule has 2 rings (SSSR count). The third-order valence-electron chi connectivity index (χ3n) is 3.20. The molecule has 0 bridgehead atoms. The number of carbonyl (C=O) groups excluding carboxylic acids is 2. The fourth-order valence-corrected chi connectivity index (χ4v) is 2.38. The molecular formula is C11H16N2O2. The highest BCUT2D eigenvalue weighted by Gasteiger charge is 2.33. The molecule has 4 heteroatoms. The summed E-state index contributed by atoms with van der Waals surface area (Å²) in [7, 11) is 0. The van der Waals surface area contributed by atoms with Crippen LogP contribution in [0.25, 0.3) is 0 Å². The zero-order valence-electron chi connectivity index (χ0n) is 8.82. The molecule has 0 radical (unpaired) electrons. The standard InChI is InChI=1S/C11H16N2O2/c1-2-10(14)12-7-5-9(8-12)13-6-3-4-11(13)15/h2,9H,1,3-8H2. The number of rotatable bonds is 2. The summed E-state index contributed by atoms with van der Waals surface area (Å²) in [5, 5.41) is 0. The number of hydrogen-bond acceptors (Lipinski definition) is 2. The topological polar surface area (TPSA) is 40.6 Å². The molecule has 2 amide bonds. The van der Waals surface area contributed by atoms with Crippen molar-refractivity contribution in [2.24, 2.45) is 0 Å². The molecule has 2 fully saturated rings. The molecule has 82 valence electrons. The van der Waals surface area contributed by atoms with Gasteiger partial charge in [0.1, 0.15) is 0 Å². The van der Waals surface area contributed by atoms with E-state index in [4.69, 9.17) is 0 Å². The van der Waals surface area contributed by atoms with Crippen LogP contribution in [0.2, 0.25) is 0 Å². The van der Waals surface area contributed by atoms with Crippen LogP contribution in [0.5, 0.6) is 0 Å². The first-order chi connectivity index (χ1) is 7.22. The average Bonchev–Trinajstić information content (AvgIpc) is 2.84. The minimum atomic E-state index is -0.0239. The Balaban J connectivity index is 1.95. The van der Waals surface area contributed by atoms with Gasteiger partial charge in [0.2, 0.25) is 11.8 Å². The van der Waals surface area contributed by atoms with Crippen LogP contribution in [0, 0.1) is 0 Å². The Morgan fingerprint density at radius 2 is 2.27 bits per heavy atom. The quantitative estimate of drug-likeness (QED) is 0.616. The third kappa shape index (κ3) is 1.89. The summed E-state index contributed by atoms with van der Waals surface area (Å²) >= 11 is 0. The molecule has 0 aromatic carbocycles. The molecule has 15 heavy (non-hydrogen) atoms. The summed E-state index contributed by atoms with van der Waals surface area (Å²) in [4.78, 5) is 26.6. The lowest BCUT2D eigenvalue weighted by molar-refractivity contribution is -0.130. The van der Waals surface area contributed by atoms with E-state index in [9.17, 15) is 9.59 Å². The van der Waals surface area contributed by atoms with Crippen LogP contribution in [0.1, 0.15) is 19.3 Å². The fourth-order valence-electron chi connectivity index (χ4n) is 2.38. The lowest BCUT2D eigenvalue weighted by Gasteiger charge is -2.23. The van der Waals surface area contributed by atoms with Gasteiger partial charge in [0, 0.05) is 26.1 Å². The van der Waals surface area contributed by atoms with E-state index >= 15 is 0 Å². The Bertz CT molecular complexity index is 301. The van der Waals surface area contributed by atoms with Crippen molar-refractivity contribution in [1.82, 2.24) is 9.80 Å². The zero-order valence-corrected chi connectivity index (χ0v) is 8.82. The molecule has 1 unspecified atom stereocenters. The van der Waals surface area contributed by atoms with Gasteiger partial charge >= 0.3 is 0 Å². The summed E-state index contributed by atoms with van der Waals surface area (Å²) in [6.45, 7) is 5.76. The SMILES string of the molecule is C=CC(=O)N1CCC(N2CCCC2=O)C1. The van der Waals surface area contributed by atoms with E-state index in [-0.39, 0.29) is 17.9 Å². The minimum absolute atomic E-state index is 0.0239. The second-order valence-corrected chi connectivity index (χ2v) is 4.12. The van der Waals surface area contributed by atoms with Crippen LogP contribution in [0.15, 0.2) is 12.7 Å². The Kier molecular flexibility index (Phi) is 2.75. The van der Waals surface area contributed by atoms with Crippen molar-refractivity contribution >= 4 is 11.8 Å². The van der Waals surface area contributed by atoms with Gasteiger partial charge in [-0.1, -0.05) is 6.58 Å². The lowest BCUT2D eigenvalue weighted by Crippen LogP contribution is -2.39. The number of hydrogen-bond donors (Lipinski definition) is 0. The number of likely N-dealkylation sites (tertiary alicyclic amines) is 2. The minimum Gasteiger partial charge on any atom is -0.338 e. The highest BCUT2D eigenvalue weighted by Crippen LogP contribution is 2.21. The molecule has 2 aliphatic rings. The molecule has 0 aliphatic carbocycles. The van der Waals surface area contributed by atoms with Gasteiger partial charge in [-0.05, 0) is 18.9 Å². The summed E-state index contributed by atoms with van der Waals surface area (Å²) in [6.07, 6.45) is 3.89. The van der Waals surface area contributed by atoms with Crippen molar-refractivity contribution in [3.8, 4) is 0 Å². The maximum Gasteiger partial charge on any atom is 0.246 e. The van der Waals surface area contributed by atoms with E-state index in [0.29, 0.717) is 13.0 Å². The van der Waals surface area contributed by atoms with Crippen molar-refractivity contribution in [2.75, 3.05) is 19.6 Å². The first-order valence-corrected chi connectivity index (χ1v) is 5.43. The van der Waals surface area contributed by atoms with E-state index in [1.165, 1.54) is 6.08 Å². The van der Waals surface area contributed by atoms with E-state index in [1.807, 2.05) is 4.90 Å². The molecule has 2 saturated heterocycles. The van der Waals surface area contributed by atoms with E-state index in [1.54, 1.807) is 4.90 Å². The smallest absolute Gasteiger partial charge is 0.246 e. The molecule has 2 heterocycles. The predicted octanol–water partition coefficient (Wildman–Crippen LogP) is 0.396. The van der Waals surface area contributed by atoms with Gasteiger partial charge in [-0.25, -0.2) is 0 Å². The Labute approximate surface area is 89.5 Å². The monoisotopic (exact) mass is 208 g/mol. The predicted molar refractivity (Wildman–Crippen MR) is 56.1 cm³/mol. The first kappa shape index (κ1) is 10.2. The number of amides is 2. The zero-order chi connectivity index (χ0) is 10.8. The maximum absolute atomic E-state index is 11.5. The Morgan fingerprint density at radius 1 is 1.47 bits per heavy atom. The van der Waals surface area contributed by atoms with Gasteiger partial charge in [0.05, 0.1) is 6.04 Å². The van der Waals surface area contributed by atoms with Crippen LogP contribution in [-0.2, 0) is 9.59 Å². The van der Waals surface area contributed by atoms with Gasteiger partial charge in [-0.2, -0.15) is 0 Å². The van der Waals surface area contributed by atoms with Crippen molar-refractivity contribution < 1.29 is 9.59 Å². The van der Waals surface area contributed by atoms with Gasteiger partial charge in [-0.3, -0.25) is 9.59 Å². The molecular weight excluding hydrogens is 192 g/mol. The summed E-state index contributed by atoms with van der Waals surface area (Å²) < 4.78 is 0. The Morgan fingerprint density at radius 3 is 2.87 bits per heavy atom. The second-order valence-electron chi connectivity index (χ2n) is 4.12. The highest BCUT2D eigenvalue weighted by molar-refractivity contribution is 5.87. The molecule has 0 N–H and O–H groups in total. The van der Waals surface area contributed by atoms with Crippen LogP contribution in [-0.4, -0.2) is 47.3 Å². The van der Waals surface area contributed by atoms with Crippen molar-refractivity contribution in [2.45, 2.75) is 25.3 Å². The molecule has 4 nitrogen and oxygen atoms in total. The normalized spacial score (nSPS) is 26.1. The van der Waals surface area contributed by atoms with Gasteiger partial charge in [0.25, 0.3) is 0 Å². The second kappa shape index (κ2) is 4.04. The molecule has 0 aromatic rings. The molecule has 0 spiro atoms. The van der Waals surface area contributed by atoms with Crippen LogP contribution in [0.3, 0.4) is 0 Å². The van der Waals surface area contributed by atoms with Crippen molar-refractivity contribution in [1.29, 1.82) is 0 Å². The third-order valence-corrected chi connectivity index (χ3v) is 3.20. The summed E-state index contributed by atoms with van der Waals surface area (Å²) in [5.41, 5.74) is 0. The van der Waals surface area contributed by atoms with Crippen molar-refractivity contribution in [3.05, 3.63) is 12.7 Å². The summed E-state index contributed by atoms with van der Waals surface area (Å²) in [5.74, 6) is 0.219. The van der Waals surface area contributed by atoms with Crippen molar-refractivity contribution in [3.63, 3.8) is 0 Å². The number of carbonyl (C=O) groups is 2. The Hall–Kier alpha value is -1.32. The van der Waals surface area contributed by atoms with E-state index in [0.717, 1.165) is 25.9 Å². The van der Waals surface area contributed by atoms with Crippen LogP contribution in [0.4, 0.5) is 0 Å². The highest BCUT2D eigenvalue weighted by atomic mass is 16.2. The fraction of sp³-hybridized carbons (Fsp3) is 0.636. The van der Waals surface area contributed by atoms with Gasteiger partial charge < -0.3 is 9.80 Å². The van der Waals surface area contributed by atoms with Gasteiger partial charge in [-0.15, -0.1) is 0 Å². The average molecular weight is 208 g/mol. The van der Waals surface area contributed by atoms with E-state index in [2.05, 4.69) is 6.58 Å². The largest absolute Gasteiger partial charge is 0.338 e. The first-order valence-electron chi connectivity index (χ1n) is 5.43. The number of nitrogens with zero attached hydrogens (tertiary/aromatic N) is 2.